The third-order valence-electron chi connectivity index (χ3n) is 2.10. The van der Waals surface area contributed by atoms with E-state index in [1.54, 1.807) is 24.3 Å². The Kier molecular flexibility index (Phi) is 5.69. The molecule has 4 nitrogen and oxygen atoms in total. The maximum Gasteiger partial charge on any atom is 0.313 e. The van der Waals surface area contributed by atoms with Gasteiger partial charge < -0.3 is 0 Å². The van der Waals surface area contributed by atoms with Gasteiger partial charge in [0, 0.05) is 26.0 Å². The molecule has 0 fully saturated rings. The molecule has 0 unspecified atom stereocenters. The first kappa shape index (κ1) is 17.2. The Morgan fingerprint density at radius 1 is 1.11 bits per heavy atom. The molecule has 19 heavy (non-hydrogen) atoms. The van der Waals surface area contributed by atoms with Crippen molar-refractivity contribution in [1.29, 1.82) is 0 Å². The minimum atomic E-state index is -3.76. The third-order valence-corrected chi connectivity index (χ3v) is 5.65. The Morgan fingerprint density at radius 2 is 1.58 bits per heavy atom. The van der Waals surface area contributed by atoms with Crippen molar-refractivity contribution >= 4 is 62.6 Å². The van der Waals surface area contributed by atoms with Crippen LogP contribution in [0.25, 0.3) is 0 Å². The largest absolute Gasteiger partial charge is 0.313 e. The van der Waals surface area contributed by atoms with Crippen molar-refractivity contribution in [3.63, 3.8) is 0 Å². The van der Waals surface area contributed by atoms with Gasteiger partial charge in [0.25, 0.3) is 3.12 Å². The SMILES string of the molecule is Cc1ccc(N(SC(Cl)(Cl)Cl)S(=O)(=O)N(C)C)cc1. The highest BCUT2D eigenvalue weighted by atomic mass is 35.6. The van der Waals surface area contributed by atoms with Crippen molar-refractivity contribution in [1.82, 2.24) is 4.31 Å². The molecule has 0 bridgehead atoms. The number of rotatable bonds is 4. The average molecular weight is 364 g/mol. The molecule has 0 amide bonds. The van der Waals surface area contributed by atoms with E-state index in [0.29, 0.717) is 17.6 Å². The van der Waals surface area contributed by atoms with Crippen LogP contribution >= 0.6 is 46.8 Å². The van der Waals surface area contributed by atoms with Gasteiger partial charge in [-0.3, -0.25) is 0 Å². The number of halogens is 3. The zero-order valence-corrected chi connectivity index (χ0v) is 14.4. The van der Waals surface area contributed by atoms with Gasteiger partial charge in [0.15, 0.2) is 0 Å². The standard InChI is InChI=1S/C10H13Cl3N2O2S2/c1-8-4-6-9(7-5-8)15(18-10(11,12)13)19(16,17)14(2)3/h4-7H,1-3H3. The van der Waals surface area contributed by atoms with Gasteiger partial charge in [0.05, 0.1) is 5.69 Å². The van der Waals surface area contributed by atoms with Crippen LogP contribution in [0.2, 0.25) is 0 Å². The van der Waals surface area contributed by atoms with E-state index >= 15 is 0 Å². The van der Waals surface area contributed by atoms with Gasteiger partial charge in [0.1, 0.15) is 0 Å². The van der Waals surface area contributed by atoms with Crippen molar-refractivity contribution < 1.29 is 8.42 Å². The maximum atomic E-state index is 12.2. The summed E-state index contributed by atoms with van der Waals surface area (Å²) in [6.07, 6.45) is 0. The smallest absolute Gasteiger partial charge is 0.195 e. The summed E-state index contributed by atoms with van der Waals surface area (Å²) in [5, 5.41) is 0. The van der Waals surface area contributed by atoms with E-state index in [-0.39, 0.29) is 0 Å². The molecule has 1 aromatic carbocycles. The average Bonchev–Trinajstić information content (AvgIpc) is 2.25. The second-order valence-corrected chi connectivity index (χ2v) is 10.2. The third kappa shape index (κ3) is 4.88. The lowest BCUT2D eigenvalue weighted by atomic mass is 10.2. The molecule has 0 aliphatic rings. The molecule has 1 rings (SSSR count). The van der Waals surface area contributed by atoms with Crippen molar-refractivity contribution in [2.75, 3.05) is 17.8 Å². The normalized spacial score (nSPS) is 12.8. The summed E-state index contributed by atoms with van der Waals surface area (Å²) in [4.78, 5) is 0. The number of nitrogens with zero attached hydrogens (tertiary/aromatic N) is 2. The molecule has 0 atom stereocenters. The van der Waals surface area contributed by atoms with Crippen molar-refractivity contribution in [2.24, 2.45) is 0 Å². The van der Waals surface area contributed by atoms with E-state index < -0.39 is 13.3 Å². The van der Waals surface area contributed by atoms with Crippen molar-refractivity contribution in [3.8, 4) is 0 Å². The number of anilines is 1. The molecular weight excluding hydrogens is 351 g/mol. The molecule has 0 saturated heterocycles. The molecule has 0 heterocycles. The van der Waals surface area contributed by atoms with Crippen LogP contribution in [0.3, 0.4) is 0 Å². The first-order valence-corrected chi connectivity index (χ1v) is 8.40. The van der Waals surface area contributed by atoms with Crippen LogP contribution < -0.4 is 3.71 Å². The fraction of sp³-hybridized carbons (Fsp3) is 0.400. The fourth-order valence-electron chi connectivity index (χ4n) is 1.14. The van der Waals surface area contributed by atoms with Crippen LogP contribution in [0.4, 0.5) is 5.69 Å². The van der Waals surface area contributed by atoms with Gasteiger partial charge in [0.2, 0.25) is 0 Å². The number of hydrogen-bond acceptors (Lipinski definition) is 3. The van der Waals surface area contributed by atoms with Crippen LogP contribution in [0, 0.1) is 6.92 Å². The van der Waals surface area contributed by atoms with Crippen LogP contribution in [0.15, 0.2) is 24.3 Å². The van der Waals surface area contributed by atoms with Gasteiger partial charge in [-0.15, -0.1) is 0 Å². The summed E-state index contributed by atoms with van der Waals surface area (Å²) in [6, 6.07) is 6.87. The van der Waals surface area contributed by atoms with Crippen LogP contribution in [0.5, 0.6) is 0 Å². The lowest BCUT2D eigenvalue weighted by Crippen LogP contribution is -2.37. The molecule has 0 aliphatic heterocycles. The summed E-state index contributed by atoms with van der Waals surface area (Å²) in [6.45, 7) is 1.90. The van der Waals surface area contributed by atoms with E-state index in [1.165, 1.54) is 14.1 Å². The number of alkyl halides is 3. The minimum Gasteiger partial charge on any atom is -0.195 e. The molecule has 0 aliphatic carbocycles. The van der Waals surface area contributed by atoms with Crippen LogP contribution in [-0.2, 0) is 10.2 Å². The van der Waals surface area contributed by atoms with Gasteiger partial charge >= 0.3 is 10.2 Å². The fourth-order valence-corrected chi connectivity index (χ4v) is 4.34. The van der Waals surface area contributed by atoms with Crippen molar-refractivity contribution in [3.05, 3.63) is 29.8 Å². The first-order valence-electron chi connectivity index (χ1n) is 5.09. The van der Waals surface area contributed by atoms with Gasteiger partial charge in [-0.05, 0) is 19.1 Å². The quantitative estimate of drug-likeness (QED) is 0.606. The molecule has 0 N–H and O–H groups in total. The van der Waals surface area contributed by atoms with Gasteiger partial charge in [-0.2, -0.15) is 16.4 Å². The number of aryl methyl sites for hydroxylation is 1. The summed E-state index contributed by atoms with van der Waals surface area (Å²) in [7, 11) is -0.937. The van der Waals surface area contributed by atoms with E-state index in [0.717, 1.165) is 13.6 Å². The zero-order chi connectivity index (χ0) is 14.8. The number of benzene rings is 1. The first-order chi connectivity index (χ1) is 8.54. The Morgan fingerprint density at radius 3 is 1.95 bits per heavy atom. The Labute approximate surface area is 132 Å². The van der Waals surface area contributed by atoms with Gasteiger partial charge in [-0.25, -0.2) is 0 Å². The predicted molar refractivity (Wildman–Crippen MR) is 84.1 cm³/mol. The number of hydrogen-bond donors (Lipinski definition) is 0. The highest BCUT2D eigenvalue weighted by molar-refractivity contribution is 8.16. The molecule has 0 aromatic heterocycles. The van der Waals surface area contributed by atoms with Gasteiger partial charge in [-0.1, -0.05) is 52.5 Å². The van der Waals surface area contributed by atoms with E-state index in [2.05, 4.69) is 0 Å². The lowest BCUT2D eigenvalue weighted by Gasteiger charge is -2.28. The Balaban J connectivity index is 3.24. The van der Waals surface area contributed by atoms with Crippen LogP contribution in [-0.4, -0.2) is 29.9 Å². The summed E-state index contributed by atoms with van der Waals surface area (Å²) in [5.74, 6) is 0. The van der Waals surface area contributed by atoms with E-state index in [1.807, 2.05) is 6.92 Å². The summed E-state index contributed by atoms with van der Waals surface area (Å²) >= 11 is 17.7. The summed E-state index contributed by atoms with van der Waals surface area (Å²) < 4.78 is 24.8. The maximum absolute atomic E-state index is 12.2. The highest BCUT2D eigenvalue weighted by Gasteiger charge is 2.34. The lowest BCUT2D eigenvalue weighted by molar-refractivity contribution is 0.523. The Bertz CT molecular complexity index is 527. The minimum absolute atomic E-state index is 0.413. The monoisotopic (exact) mass is 362 g/mol. The molecule has 9 heteroatoms. The molecule has 0 spiro atoms. The van der Waals surface area contributed by atoms with E-state index in [9.17, 15) is 8.42 Å². The topological polar surface area (TPSA) is 40.6 Å². The zero-order valence-electron chi connectivity index (χ0n) is 10.5. The molecule has 0 saturated carbocycles. The molecule has 108 valence electrons. The van der Waals surface area contributed by atoms with E-state index in [4.69, 9.17) is 34.8 Å². The molecule has 1 aromatic rings. The molecule has 0 radical (unpaired) electrons. The van der Waals surface area contributed by atoms with Crippen molar-refractivity contribution in [2.45, 2.75) is 10.0 Å². The second-order valence-electron chi connectivity index (χ2n) is 3.89. The Hall–Kier alpha value is 0.150. The molecular formula is C10H13Cl3N2O2S2. The predicted octanol–water partition coefficient (Wildman–Crippen LogP) is 3.58. The summed E-state index contributed by atoms with van der Waals surface area (Å²) in [5.41, 5.74) is 1.42. The van der Waals surface area contributed by atoms with Crippen LogP contribution in [0.1, 0.15) is 5.56 Å². The highest BCUT2D eigenvalue weighted by Crippen LogP contribution is 2.44. The second kappa shape index (κ2) is 6.28.